The number of nitro groups is 1. The number of aromatic nitrogens is 2. The van der Waals surface area contributed by atoms with Crippen molar-refractivity contribution in [3.05, 3.63) is 70.8 Å². The van der Waals surface area contributed by atoms with Crippen molar-refractivity contribution in [2.24, 2.45) is 0 Å². The summed E-state index contributed by atoms with van der Waals surface area (Å²) in [6.45, 7) is 2.57. The molecule has 0 aliphatic heterocycles. The van der Waals surface area contributed by atoms with Crippen LogP contribution in [0.3, 0.4) is 0 Å². The largest absolute Gasteiger partial charge is 0.477 e. The van der Waals surface area contributed by atoms with Crippen molar-refractivity contribution in [1.82, 2.24) is 10.2 Å². The number of nitro benzene ring substituents is 1. The van der Waals surface area contributed by atoms with Gasteiger partial charge in [0.15, 0.2) is 0 Å². The zero-order chi connectivity index (χ0) is 20.9. The first-order valence-electron chi connectivity index (χ1n) is 8.73. The van der Waals surface area contributed by atoms with Crippen LogP contribution >= 0.6 is 0 Å². The lowest BCUT2D eigenvalue weighted by molar-refractivity contribution is -0.384. The fourth-order valence-electron chi connectivity index (χ4n) is 2.43. The minimum absolute atomic E-state index is 0.0688. The smallest absolute Gasteiger partial charge is 0.269 e. The first-order valence-corrected chi connectivity index (χ1v) is 10.2. The van der Waals surface area contributed by atoms with Gasteiger partial charge in [-0.15, -0.1) is 10.2 Å². The van der Waals surface area contributed by atoms with Crippen LogP contribution in [0, 0.1) is 10.1 Å². The van der Waals surface area contributed by atoms with Gasteiger partial charge in [-0.05, 0) is 36.8 Å². The van der Waals surface area contributed by atoms with Crippen LogP contribution in [-0.2, 0) is 10.0 Å². The van der Waals surface area contributed by atoms with Gasteiger partial charge < -0.3 is 4.74 Å². The molecule has 0 fully saturated rings. The van der Waals surface area contributed by atoms with Gasteiger partial charge in [-0.2, -0.15) is 0 Å². The molecule has 2 aromatic carbocycles. The minimum atomic E-state index is -3.86. The van der Waals surface area contributed by atoms with Crippen molar-refractivity contribution in [2.75, 3.05) is 11.3 Å². The van der Waals surface area contributed by atoms with E-state index in [2.05, 4.69) is 14.9 Å². The third kappa shape index (κ3) is 5.05. The Morgan fingerprint density at radius 3 is 2.24 bits per heavy atom. The lowest BCUT2D eigenvalue weighted by atomic mass is 10.1. The average Bonchev–Trinajstić information content (AvgIpc) is 2.73. The van der Waals surface area contributed by atoms with Gasteiger partial charge in [-0.1, -0.05) is 19.1 Å². The Kier molecular flexibility index (Phi) is 6.03. The highest BCUT2D eigenvalue weighted by atomic mass is 32.2. The van der Waals surface area contributed by atoms with E-state index in [1.807, 2.05) is 6.92 Å². The molecule has 1 heterocycles. The maximum Gasteiger partial charge on any atom is 0.269 e. The normalized spacial score (nSPS) is 11.1. The molecule has 3 aromatic rings. The van der Waals surface area contributed by atoms with Crippen molar-refractivity contribution in [2.45, 2.75) is 18.2 Å². The monoisotopic (exact) mass is 414 g/mol. The van der Waals surface area contributed by atoms with E-state index >= 15 is 0 Å². The Balaban J connectivity index is 1.72. The molecule has 1 aromatic heterocycles. The molecule has 0 saturated carbocycles. The number of nitrogens with one attached hydrogen (secondary N) is 1. The number of hydrogen-bond donors (Lipinski definition) is 1. The van der Waals surface area contributed by atoms with Crippen LogP contribution < -0.4 is 9.46 Å². The summed E-state index contributed by atoms with van der Waals surface area (Å²) in [5.41, 5.74) is 1.56. The molecule has 0 amide bonds. The molecule has 1 N–H and O–H groups in total. The maximum atomic E-state index is 12.4. The van der Waals surface area contributed by atoms with Crippen LogP contribution in [0.5, 0.6) is 5.88 Å². The first kappa shape index (κ1) is 20.2. The molecule has 0 atom stereocenters. The highest BCUT2D eigenvalue weighted by molar-refractivity contribution is 7.92. The van der Waals surface area contributed by atoms with Crippen LogP contribution in [0.2, 0.25) is 0 Å². The zero-order valence-electron chi connectivity index (χ0n) is 15.5. The van der Waals surface area contributed by atoms with Gasteiger partial charge in [0.25, 0.3) is 15.7 Å². The predicted octanol–water partition coefficient (Wildman–Crippen LogP) is 3.64. The van der Waals surface area contributed by atoms with Crippen molar-refractivity contribution in [3.8, 4) is 17.1 Å². The van der Waals surface area contributed by atoms with Gasteiger partial charge in [0.1, 0.15) is 0 Å². The number of ether oxygens (including phenoxy) is 1. The highest BCUT2D eigenvalue weighted by Gasteiger charge is 2.16. The van der Waals surface area contributed by atoms with E-state index in [0.717, 1.165) is 24.1 Å². The number of hydrogen-bond acceptors (Lipinski definition) is 7. The van der Waals surface area contributed by atoms with E-state index in [1.54, 1.807) is 36.4 Å². The van der Waals surface area contributed by atoms with E-state index < -0.39 is 14.9 Å². The Hall–Kier alpha value is -3.53. The number of benzene rings is 2. The summed E-state index contributed by atoms with van der Waals surface area (Å²) >= 11 is 0. The Morgan fingerprint density at radius 2 is 1.69 bits per heavy atom. The molecule has 0 saturated heterocycles. The summed E-state index contributed by atoms with van der Waals surface area (Å²) in [4.78, 5) is 10.0. The van der Waals surface area contributed by atoms with Crippen molar-refractivity contribution in [3.63, 3.8) is 0 Å². The third-order valence-corrected chi connectivity index (χ3v) is 5.28. The van der Waals surface area contributed by atoms with E-state index in [9.17, 15) is 18.5 Å². The van der Waals surface area contributed by atoms with Gasteiger partial charge in [-0.25, -0.2) is 8.42 Å². The van der Waals surface area contributed by atoms with E-state index in [4.69, 9.17) is 4.74 Å². The SMILES string of the molecule is CCCOc1ccc(-c2ccc(NS(=O)(=O)c3ccc([N+](=O)[O-])cc3)cc2)nn1. The maximum absolute atomic E-state index is 12.4. The molecule has 150 valence electrons. The molecular weight excluding hydrogens is 396 g/mol. The van der Waals surface area contributed by atoms with Crippen LogP contribution in [-0.4, -0.2) is 30.1 Å². The van der Waals surface area contributed by atoms with Crippen LogP contribution in [0.25, 0.3) is 11.3 Å². The molecule has 0 aliphatic carbocycles. The van der Waals surface area contributed by atoms with E-state index in [0.29, 0.717) is 23.9 Å². The second-order valence-electron chi connectivity index (χ2n) is 6.04. The number of rotatable bonds is 8. The summed E-state index contributed by atoms with van der Waals surface area (Å²) in [7, 11) is -3.86. The summed E-state index contributed by atoms with van der Waals surface area (Å²) in [6, 6.07) is 14.8. The molecule has 0 bridgehead atoms. The quantitative estimate of drug-likeness (QED) is 0.441. The van der Waals surface area contributed by atoms with Crippen LogP contribution in [0.15, 0.2) is 65.6 Å². The molecule has 10 heteroatoms. The van der Waals surface area contributed by atoms with Gasteiger partial charge in [-0.3, -0.25) is 14.8 Å². The minimum Gasteiger partial charge on any atom is -0.477 e. The summed E-state index contributed by atoms with van der Waals surface area (Å²) in [5.74, 6) is 0.447. The number of sulfonamides is 1. The molecule has 0 unspecified atom stereocenters. The lowest BCUT2D eigenvalue weighted by Gasteiger charge is -2.09. The molecular formula is C19H18N4O5S. The molecule has 0 radical (unpaired) electrons. The van der Waals surface area contributed by atoms with Gasteiger partial charge in [0.05, 0.1) is 22.1 Å². The molecule has 0 aliphatic rings. The molecule has 0 spiro atoms. The molecule has 3 rings (SSSR count). The number of nitrogens with zero attached hydrogens (tertiary/aromatic N) is 3. The summed E-state index contributed by atoms with van der Waals surface area (Å²) in [5, 5.41) is 18.8. The number of anilines is 1. The first-order chi connectivity index (χ1) is 13.9. The Morgan fingerprint density at radius 1 is 1.00 bits per heavy atom. The summed E-state index contributed by atoms with van der Waals surface area (Å²) in [6.07, 6.45) is 0.876. The van der Waals surface area contributed by atoms with Crippen molar-refractivity contribution < 1.29 is 18.1 Å². The van der Waals surface area contributed by atoms with Crippen LogP contribution in [0.4, 0.5) is 11.4 Å². The Bertz CT molecular complexity index is 1080. The fraction of sp³-hybridized carbons (Fsp3) is 0.158. The van der Waals surface area contributed by atoms with Crippen molar-refractivity contribution in [1.29, 1.82) is 0 Å². The standard InChI is InChI=1S/C19H18N4O5S/c1-2-13-28-19-12-11-18(20-21-19)14-3-5-15(6-4-14)22-29(26,27)17-9-7-16(8-10-17)23(24)25/h3-12,22H,2,13H2,1H3. The fourth-order valence-corrected chi connectivity index (χ4v) is 3.49. The highest BCUT2D eigenvalue weighted by Crippen LogP contribution is 2.23. The zero-order valence-corrected chi connectivity index (χ0v) is 16.3. The van der Waals surface area contributed by atoms with Gasteiger partial charge >= 0.3 is 0 Å². The van der Waals surface area contributed by atoms with Crippen LogP contribution in [0.1, 0.15) is 13.3 Å². The Labute approximate surface area is 167 Å². The van der Waals surface area contributed by atoms with Gasteiger partial charge in [0, 0.05) is 29.4 Å². The third-order valence-electron chi connectivity index (χ3n) is 3.88. The molecule has 29 heavy (non-hydrogen) atoms. The lowest BCUT2D eigenvalue weighted by Crippen LogP contribution is -2.12. The van der Waals surface area contributed by atoms with E-state index in [1.165, 1.54) is 12.1 Å². The second kappa shape index (κ2) is 8.65. The second-order valence-corrected chi connectivity index (χ2v) is 7.72. The molecule has 9 nitrogen and oxygen atoms in total. The topological polar surface area (TPSA) is 124 Å². The van der Waals surface area contributed by atoms with E-state index in [-0.39, 0.29) is 10.6 Å². The predicted molar refractivity (Wildman–Crippen MR) is 107 cm³/mol. The number of non-ortho nitro benzene ring substituents is 1. The summed E-state index contributed by atoms with van der Waals surface area (Å²) < 4.78 is 32.7. The van der Waals surface area contributed by atoms with Crippen molar-refractivity contribution >= 4 is 21.4 Å². The average molecular weight is 414 g/mol. The van der Waals surface area contributed by atoms with Gasteiger partial charge in [0.2, 0.25) is 5.88 Å².